The van der Waals surface area contributed by atoms with E-state index in [1.165, 1.54) is 0 Å². The first kappa shape index (κ1) is 17.2. The molecule has 7 heteroatoms. The maximum absolute atomic E-state index is 12.5. The lowest BCUT2D eigenvalue weighted by Gasteiger charge is -2.29. The summed E-state index contributed by atoms with van der Waals surface area (Å²) < 4.78 is 8.53. The molecule has 0 aromatic heterocycles. The number of carboxylic acids is 1. The lowest BCUT2D eigenvalue weighted by Crippen LogP contribution is -2.40. The summed E-state index contributed by atoms with van der Waals surface area (Å²) in [6.07, 6.45) is 1.98. The van der Waals surface area contributed by atoms with E-state index in [9.17, 15) is 14.7 Å². The van der Waals surface area contributed by atoms with E-state index in [0.29, 0.717) is 17.9 Å². The van der Waals surface area contributed by atoms with E-state index in [0.717, 1.165) is 23.6 Å². The van der Waals surface area contributed by atoms with Gasteiger partial charge >= 0.3 is 5.97 Å². The minimum atomic E-state index is -1.01. The topological polar surface area (TPSA) is 66.4 Å². The highest BCUT2D eigenvalue weighted by Gasteiger charge is 2.48. The van der Waals surface area contributed by atoms with Gasteiger partial charge in [-0.25, -0.2) is 4.79 Å². The Labute approximate surface area is 169 Å². The zero-order valence-corrected chi connectivity index (χ0v) is 17.8. The van der Waals surface area contributed by atoms with Crippen LogP contribution in [-0.2, 0) is 9.53 Å². The van der Waals surface area contributed by atoms with Crippen LogP contribution in [0, 0.1) is 28.5 Å². The fourth-order valence-electron chi connectivity index (χ4n) is 3.60. The molecule has 118 valence electrons. The van der Waals surface area contributed by atoms with Crippen LogP contribution in [-0.4, -0.2) is 18.0 Å². The molecule has 0 saturated heterocycles. The summed E-state index contributed by atoms with van der Waals surface area (Å²) in [7, 11) is 0. The standard InChI is InChI=1S/C15H13I3O4/c16-7-4-10(13(18)11(17)5-7)15(21)22-12-3-6-1-8(12)9(2-6)14(19)20/h4-6,8-9,12H,1-3H2,(H,19,20)/p-1. The van der Waals surface area contributed by atoms with Gasteiger partial charge in [0.05, 0.1) is 5.56 Å². The summed E-state index contributed by atoms with van der Waals surface area (Å²) in [5.41, 5.74) is 0.560. The second-order valence-electron chi connectivity index (χ2n) is 5.86. The summed E-state index contributed by atoms with van der Waals surface area (Å²) >= 11 is 6.52. The van der Waals surface area contributed by atoms with Gasteiger partial charge in [0, 0.05) is 28.5 Å². The van der Waals surface area contributed by atoms with Gasteiger partial charge in [0.2, 0.25) is 0 Å². The largest absolute Gasteiger partial charge is 0.550 e. The molecule has 4 nitrogen and oxygen atoms in total. The molecule has 4 unspecified atom stereocenters. The number of carboxylic acid groups (broad SMARTS) is 1. The average molecular weight is 637 g/mol. The highest BCUT2D eigenvalue weighted by atomic mass is 127. The van der Waals surface area contributed by atoms with Crippen LogP contribution in [0.25, 0.3) is 0 Å². The third-order valence-electron chi connectivity index (χ3n) is 4.53. The maximum atomic E-state index is 12.5. The van der Waals surface area contributed by atoms with Crippen LogP contribution in [0.1, 0.15) is 29.6 Å². The predicted octanol–water partition coefficient (Wildman–Crippen LogP) is 2.82. The zero-order valence-electron chi connectivity index (χ0n) is 11.4. The van der Waals surface area contributed by atoms with Crippen LogP contribution in [0.5, 0.6) is 0 Å². The number of benzene rings is 1. The number of halogens is 3. The predicted molar refractivity (Wildman–Crippen MR) is 103 cm³/mol. The molecule has 0 aliphatic heterocycles. The number of aliphatic carboxylic acids is 1. The Balaban J connectivity index is 1.77. The number of esters is 1. The summed E-state index contributed by atoms with van der Waals surface area (Å²) in [6.45, 7) is 0. The van der Waals surface area contributed by atoms with E-state index in [-0.39, 0.29) is 18.0 Å². The van der Waals surface area contributed by atoms with Gasteiger partial charge in [0.15, 0.2) is 0 Å². The Morgan fingerprint density at radius 3 is 2.50 bits per heavy atom. The van der Waals surface area contributed by atoms with Crippen molar-refractivity contribution in [1.29, 1.82) is 0 Å². The third-order valence-corrected chi connectivity index (χ3v) is 8.19. The van der Waals surface area contributed by atoms with Gasteiger partial charge in [-0.2, -0.15) is 0 Å². The number of ether oxygens (including phenoxy) is 1. The molecular weight excluding hydrogens is 625 g/mol. The monoisotopic (exact) mass is 637 g/mol. The molecule has 3 rings (SSSR count). The molecule has 22 heavy (non-hydrogen) atoms. The Morgan fingerprint density at radius 2 is 1.86 bits per heavy atom. The summed E-state index contributed by atoms with van der Waals surface area (Å²) in [6, 6.07) is 3.82. The van der Waals surface area contributed by atoms with E-state index in [1.807, 2.05) is 12.1 Å². The first-order valence-electron chi connectivity index (χ1n) is 6.93. The Kier molecular flexibility index (Phi) is 5.23. The number of carbonyl (C=O) groups excluding carboxylic acids is 2. The number of fused-ring (bicyclic) bond motifs is 2. The highest BCUT2D eigenvalue weighted by molar-refractivity contribution is 14.1. The van der Waals surface area contributed by atoms with E-state index >= 15 is 0 Å². The van der Waals surface area contributed by atoms with Crippen LogP contribution >= 0.6 is 67.8 Å². The molecule has 2 bridgehead atoms. The SMILES string of the molecule is O=C(OC1CC2CC(C(=O)[O-])C1C2)c1cc(I)cc(I)c1I. The second kappa shape index (κ2) is 6.69. The highest BCUT2D eigenvalue weighted by Crippen LogP contribution is 2.49. The van der Waals surface area contributed by atoms with Crippen LogP contribution in [0.3, 0.4) is 0 Å². The molecule has 0 heterocycles. The molecule has 0 N–H and O–H groups in total. The third kappa shape index (κ3) is 3.26. The van der Waals surface area contributed by atoms with Gasteiger partial charge in [0.1, 0.15) is 6.10 Å². The molecule has 0 spiro atoms. The minimum absolute atomic E-state index is 0.0848. The second-order valence-corrected chi connectivity index (χ2v) is 9.34. The van der Waals surface area contributed by atoms with Gasteiger partial charge in [-0.15, -0.1) is 0 Å². The molecule has 2 saturated carbocycles. The van der Waals surface area contributed by atoms with Gasteiger partial charge in [0.25, 0.3) is 0 Å². The maximum Gasteiger partial charge on any atom is 0.339 e. The molecule has 2 aliphatic carbocycles. The summed E-state index contributed by atoms with van der Waals surface area (Å²) in [4.78, 5) is 23.7. The van der Waals surface area contributed by atoms with Crippen LogP contribution in [0.15, 0.2) is 12.1 Å². The van der Waals surface area contributed by atoms with Crippen molar-refractivity contribution in [2.24, 2.45) is 17.8 Å². The molecular formula is C15H12I3O4-. The first-order valence-corrected chi connectivity index (χ1v) is 10.2. The Morgan fingerprint density at radius 1 is 1.14 bits per heavy atom. The molecule has 1 aromatic rings. The van der Waals surface area contributed by atoms with Crippen LogP contribution in [0.2, 0.25) is 0 Å². The zero-order chi connectivity index (χ0) is 16.0. The first-order chi connectivity index (χ1) is 10.4. The van der Waals surface area contributed by atoms with Crippen LogP contribution in [0.4, 0.5) is 0 Å². The number of hydrogen-bond donors (Lipinski definition) is 0. The molecule has 4 atom stereocenters. The van der Waals surface area contributed by atoms with E-state index in [4.69, 9.17) is 4.74 Å². The number of rotatable bonds is 3. The minimum Gasteiger partial charge on any atom is -0.550 e. The Hall–Kier alpha value is 0.350. The fraction of sp³-hybridized carbons (Fsp3) is 0.467. The van der Waals surface area contributed by atoms with Crippen molar-refractivity contribution in [3.05, 3.63) is 28.4 Å². The molecule has 0 amide bonds. The van der Waals surface area contributed by atoms with Crippen molar-refractivity contribution < 1.29 is 19.4 Å². The van der Waals surface area contributed by atoms with E-state index < -0.39 is 11.9 Å². The normalized spacial score (nSPS) is 29.6. The molecule has 2 fully saturated rings. The van der Waals surface area contributed by atoms with Gasteiger partial charge in [-0.3, -0.25) is 0 Å². The quantitative estimate of drug-likeness (QED) is 0.291. The number of hydrogen-bond acceptors (Lipinski definition) is 4. The van der Waals surface area contributed by atoms with Crippen molar-refractivity contribution in [1.82, 2.24) is 0 Å². The number of carbonyl (C=O) groups is 2. The van der Waals surface area contributed by atoms with Crippen molar-refractivity contribution in [2.45, 2.75) is 25.4 Å². The van der Waals surface area contributed by atoms with E-state index in [1.54, 1.807) is 0 Å². The van der Waals surface area contributed by atoms with Gasteiger partial charge in [-0.1, -0.05) is 0 Å². The van der Waals surface area contributed by atoms with Crippen LogP contribution < -0.4 is 5.11 Å². The molecule has 2 aliphatic rings. The Bertz CT molecular complexity index is 646. The smallest absolute Gasteiger partial charge is 0.339 e. The van der Waals surface area contributed by atoms with Crippen molar-refractivity contribution in [3.63, 3.8) is 0 Å². The van der Waals surface area contributed by atoms with Gasteiger partial charge < -0.3 is 14.6 Å². The summed E-state index contributed by atoms with van der Waals surface area (Å²) in [5, 5.41) is 11.2. The fourth-order valence-corrected chi connectivity index (χ4v) is 5.97. The van der Waals surface area contributed by atoms with E-state index in [2.05, 4.69) is 67.8 Å². The lowest BCUT2D eigenvalue weighted by atomic mass is 9.86. The van der Waals surface area contributed by atoms with Gasteiger partial charge in [-0.05, 0) is 105 Å². The molecule has 0 radical (unpaired) electrons. The average Bonchev–Trinajstić information content (AvgIpc) is 3.02. The summed E-state index contributed by atoms with van der Waals surface area (Å²) in [5.74, 6) is -1.56. The van der Waals surface area contributed by atoms with Crippen molar-refractivity contribution in [3.8, 4) is 0 Å². The van der Waals surface area contributed by atoms with Crippen molar-refractivity contribution in [2.75, 3.05) is 0 Å². The van der Waals surface area contributed by atoms with Crippen molar-refractivity contribution >= 4 is 79.7 Å². The molecule has 1 aromatic carbocycles. The lowest BCUT2D eigenvalue weighted by molar-refractivity contribution is -0.314.